The first-order chi connectivity index (χ1) is 8.78. The van der Waals surface area contributed by atoms with Crippen molar-refractivity contribution in [1.29, 1.82) is 0 Å². The van der Waals surface area contributed by atoms with Gasteiger partial charge in [-0.2, -0.15) is 0 Å². The van der Waals surface area contributed by atoms with Gasteiger partial charge in [0, 0.05) is 12.6 Å². The monoisotopic (exact) mass is 252 g/mol. The second-order valence-electron chi connectivity index (χ2n) is 6.00. The highest BCUT2D eigenvalue weighted by Crippen LogP contribution is 2.43. The van der Waals surface area contributed by atoms with E-state index in [9.17, 15) is 0 Å². The average molecular weight is 252 g/mol. The van der Waals surface area contributed by atoms with Crippen molar-refractivity contribution in [3.8, 4) is 0 Å². The summed E-state index contributed by atoms with van der Waals surface area (Å²) in [6.07, 6.45) is 11.8. The lowest BCUT2D eigenvalue weighted by molar-refractivity contribution is 0.139. The second-order valence-corrected chi connectivity index (χ2v) is 6.00. The molecule has 2 saturated carbocycles. The van der Waals surface area contributed by atoms with Crippen molar-refractivity contribution < 1.29 is 0 Å². The standard InChI is InChI=1S/C14H28N4/c1-2-14(9-6-10-14)11-16-13(18-15)17-12-7-4-3-5-8-12/h12H,2-11,15H2,1H3,(H2,16,17,18). The van der Waals surface area contributed by atoms with Gasteiger partial charge in [-0.05, 0) is 37.5 Å². The maximum Gasteiger partial charge on any atom is 0.205 e. The molecule has 2 fully saturated rings. The van der Waals surface area contributed by atoms with Crippen molar-refractivity contribution in [3.05, 3.63) is 0 Å². The molecule has 0 amide bonds. The number of hydrogen-bond donors (Lipinski definition) is 3. The van der Waals surface area contributed by atoms with Crippen LogP contribution in [-0.4, -0.2) is 18.5 Å². The van der Waals surface area contributed by atoms with Gasteiger partial charge in [-0.15, -0.1) is 0 Å². The van der Waals surface area contributed by atoms with Crippen LogP contribution in [-0.2, 0) is 0 Å². The van der Waals surface area contributed by atoms with Gasteiger partial charge in [0.25, 0.3) is 0 Å². The van der Waals surface area contributed by atoms with Gasteiger partial charge in [-0.3, -0.25) is 10.4 Å². The molecule has 0 aromatic heterocycles. The van der Waals surface area contributed by atoms with Gasteiger partial charge in [0.05, 0.1) is 0 Å². The van der Waals surface area contributed by atoms with E-state index in [0.29, 0.717) is 11.5 Å². The molecule has 0 spiro atoms. The van der Waals surface area contributed by atoms with Crippen LogP contribution in [0.4, 0.5) is 0 Å². The first-order valence-corrected chi connectivity index (χ1v) is 7.56. The molecular weight excluding hydrogens is 224 g/mol. The summed E-state index contributed by atoms with van der Waals surface area (Å²) in [6.45, 7) is 3.20. The Labute approximate surface area is 111 Å². The highest BCUT2D eigenvalue weighted by atomic mass is 15.3. The third-order valence-electron chi connectivity index (χ3n) is 4.82. The molecule has 2 rings (SSSR count). The van der Waals surface area contributed by atoms with E-state index in [-0.39, 0.29) is 0 Å². The third-order valence-corrected chi connectivity index (χ3v) is 4.82. The quantitative estimate of drug-likeness (QED) is 0.311. The lowest BCUT2D eigenvalue weighted by atomic mass is 9.67. The number of aliphatic imine (C=N–C) groups is 1. The van der Waals surface area contributed by atoms with Crippen LogP contribution in [0.15, 0.2) is 4.99 Å². The van der Waals surface area contributed by atoms with Crippen molar-refractivity contribution in [2.24, 2.45) is 16.3 Å². The number of nitrogens with zero attached hydrogens (tertiary/aromatic N) is 1. The predicted molar refractivity (Wildman–Crippen MR) is 76.2 cm³/mol. The molecule has 0 atom stereocenters. The van der Waals surface area contributed by atoms with E-state index in [1.165, 1.54) is 57.8 Å². The molecule has 18 heavy (non-hydrogen) atoms. The minimum Gasteiger partial charge on any atom is -0.353 e. The molecule has 104 valence electrons. The minimum absolute atomic E-state index is 0.469. The van der Waals surface area contributed by atoms with Gasteiger partial charge >= 0.3 is 0 Å². The molecule has 0 saturated heterocycles. The number of rotatable bonds is 4. The van der Waals surface area contributed by atoms with E-state index < -0.39 is 0 Å². The summed E-state index contributed by atoms with van der Waals surface area (Å²) >= 11 is 0. The number of hydrogen-bond acceptors (Lipinski definition) is 2. The Morgan fingerprint density at radius 3 is 2.44 bits per heavy atom. The number of nitrogens with two attached hydrogens (primary N) is 1. The minimum atomic E-state index is 0.469. The summed E-state index contributed by atoms with van der Waals surface area (Å²) in [5.41, 5.74) is 3.20. The predicted octanol–water partition coefficient (Wildman–Crippen LogP) is 2.31. The van der Waals surface area contributed by atoms with Gasteiger partial charge in [0.2, 0.25) is 5.96 Å². The molecule has 0 aliphatic heterocycles. The molecule has 4 heteroatoms. The summed E-state index contributed by atoms with van der Waals surface area (Å²) in [5.74, 6) is 6.37. The fourth-order valence-corrected chi connectivity index (χ4v) is 3.12. The molecule has 0 aromatic rings. The molecule has 0 radical (unpaired) electrons. The summed E-state index contributed by atoms with van der Waals surface area (Å²) in [4.78, 5) is 4.67. The highest BCUT2D eigenvalue weighted by Gasteiger charge is 2.34. The zero-order valence-electron chi connectivity index (χ0n) is 11.7. The van der Waals surface area contributed by atoms with Crippen LogP contribution >= 0.6 is 0 Å². The first kappa shape index (κ1) is 13.7. The molecule has 4 nitrogen and oxygen atoms in total. The van der Waals surface area contributed by atoms with Crippen LogP contribution in [0.3, 0.4) is 0 Å². The third kappa shape index (κ3) is 3.37. The van der Waals surface area contributed by atoms with Crippen molar-refractivity contribution in [2.45, 2.75) is 70.8 Å². The van der Waals surface area contributed by atoms with E-state index in [2.05, 4.69) is 22.7 Å². The molecule has 2 aliphatic rings. The van der Waals surface area contributed by atoms with E-state index in [1.807, 2.05) is 0 Å². The number of nitrogens with one attached hydrogen (secondary N) is 2. The van der Waals surface area contributed by atoms with Crippen LogP contribution in [0, 0.1) is 5.41 Å². The maximum atomic E-state index is 5.58. The van der Waals surface area contributed by atoms with Crippen LogP contribution < -0.4 is 16.6 Å². The molecular formula is C14H28N4. The van der Waals surface area contributed by atoms with Crippen molar-refractivity contribution in [2.75, 3.05) is 6.54 Å². The largest absolute Gasteiger partial charge is 0.353 e. The molecule has 0 unspecified atom stereocenters. The molecule has 2 aliphatic carbocycles. The first-order valence-electron chi connectivity index (χ1n) is 7.56. The van der Waals surface area contributed by atoms with Gasteiger partial charge in [-0.25, -0.2) is 5.84 Å². The fraction of sp³-hybridized carbons (Fsp3) is 0.929. The summed E-state index contributed by atoms with van der Waals surface area (Å²) in [5, 5.41) is 3.46. The Balaban J connectivity index is 1.83. The van der Waals surface area contributed by atoms with Crippen molar-refractivity contribution >= 4 is 5.96 Å². The SMILES string of the molecule is CCC1(CN=C(NN)NC2CCCCC2)CCC1. The smallest absolute Gasteiger partial charge is 0.205 e. The number of hydrazine groups is 1. The van der Waals surface area contributed by atoms with Crippen LogP contribution in [0.1, 0.15) is 64.7 Å². The van der Waals surface area contributed by atoms with Gasteiger partial charge in [-0.1, -0.05) is 32.6 Å². The molecule has 0 heterocycles. The Morgan fingerprint density at radius 2 is 1.94 bits per heavy atom. The van der Waals surface area contributed by atoms with Crippen molar-refractivity contribution in [3.63, 3.8) is 0 Å². The Bertz CT molecular complexity index is 272. The average Bonchev–Trinajstić information content (AvgIpc) is 2.37. The number of guanidine groups is 1. The molecule has 0 bridgehead atoms. The van der Waals surface area contributed by atoms with E-state index in [4.69, 9.17) is 5.84 Å². The van der Waals surface area contributed by atoms with Gasteiger partial charge in [0.15, 0.2) is 0 Å². The lowest BCUT2D eigenvalue weighted by Gasteiger charge is -2.40. The molecule has 0 aromatic carbocycles. The normalized spacial score (nSPS) is 24.4. The Morgan fingerprint density at radius 1 is 1.22 bits per heavy atom. The van der Waals surface area contributed by atoms with Crippen LogP contribution in [0.5, 0.6) is 0 Å². The zero-order chi connectivity index (χ0) is 12.8. The maximum absolute atomic E-state index is 5.58. The van der Waals surface area contributed by atoms with Crippen LogP contribution in [0.25, 0.3) is 0 Å². The zero-order valence-corrected chi connectivity index (χ0v) is 11.7. The summed E-state index contributed by atoms with van der Waals surface area (Å²) in [6, 6.07) is 0.563. The van der Waals surface area contributed by atoms with Gasteiger partial charge in [0.1, 0.15) is 0 Å². The fourth-order valence-electron chi connectivity index (χ4n) is 3.12. The lowest BCUT2D eigenvalue weighted by Crippen LogP contribution is -2.47. The van der Waals surface area contributed by atoms with Gasteiger partial charge < -0.3 is 5.32 Å². The highest BCUT2D eigenvalue weighted by molar-refractivity contribution is 5.79. The van der Waals surface area contributed by atoms with E-state index in [0.717, 1.165) is 12.5 Å². The van der Waals surface area contributed by atoms with E-state index in [1.54, 1.807) is 0 Å². The Kier molecular flexibility index (Phi) is 4.87. The van der Waals surface area contributed by atoms with E-state index >= 15 is 0 Å². The van der Waals surface area contributed by atoms with Crippen molar-refractivity contribution in [1.82, 2.24) is 10.7 Å². The Hall–Kier alpha value is -0.770. The van der Waals surface area contributed by atoms with Crippen LogP contribution in [0.2, 0.25) is 0 Å². The summed E-state index contributed by atoms with van der Waals surface area (Å²) < 4.78 is 0. The topological polar surface area (TPSA) is 62.4 Å². The summed E-state index contributed by atoms with van der Waals surface area (Å²) in [7, 11) is 0. The molecule has 4 N–H and O–H groups in total. The second kappa shape index (κ2) is 6.41.